The number of carbonyl (C=O) groups is 1. The lowest BCUT2D eigenvalue weighted by Crippen LogP contribution is -2.56. The largest absolute Gasteiger partial charge is 0.338 e. The van der Waals surface area contributed by atoms with Crippen molar-refractivity contribution in [1.29, 1.82) is 0 Å². The van der Waals surface area contributed by atoms with Crippen molar-refractivity contribution in [2.45, 2.75) is 38.1 Å². The molecule has 1 amide bonds. The summed E-state index contributed by atoms with van der Waals surface area (Å²) in [6.45, 7) is 0. The van der Waals surface area contributed by atoms with E-state index in [9.17, 15) is 9.18 Å². The molecule has 4 heteroatoms. The highest BCUT2D eigenvalue weighted by atomic mass is 79.9. The summed E-state index contributed by atoms with van der Waals surface area (Å²) in [5.41, 5.74) is 0.194. The summed E-state index contributed by atoms with van der Waals surface area (Å²) in [5, 5.41) is 0. The second-order valence-corrected chi connectivity index (χ2v) is 8.38. The summed E-state index contributed by atoms with van der Waals surface area (Å²) in [7, 11) is 1.87. The molecule has 4 fully saturated rings. The summed E-state index contributed by atoms with van der Waals surface area (Å²) in [5.74, 6) is 2.42. The van der Waals surface area contributed by atoms with Crippen molar-refractivity contribution in [2.75, 3.05) is 7.05 Å². The first-order valence-electron chi connectivity index (χ1n) is 8.25. The van der Waals surface area contributed by atoms with Crippen LogP contribution >= 0.6 is 15.9 Å². The van der Waals surface area contributed by atoms with Gasteiger partial charge in [0.15, 0.2) is 0 Å². The van der Waals surface area contributed by atoms with E-state index in [0.29, 0.717) is 22.4 Å². The molecule has 1 aromatic carbocycles. The van der Waals surface area contributed by atoms with Gasteiger partial charge in [-0.15, -0.1) is 0 Å². The van der Waals surface area contributed by atoms with Gasteiger partial charge in [-0.3, -0.25) is 4.79 Å². The molecule has 5 rings (SSSR count). The van der Waals surface area contributed by atoms with Crippen molar-refractivity contribution in [1.82, 2.24) is 4.90 Å². The van der Waals surface area contributed by atoms with Crippen LogP contribution < -0.4 is 0 Å². The van der Waals surface area contributed by atoms with Gasteiger partial charge in [0.25, 0.3) is 5.91 Å². The maximum Gasteiger partial charge on any atom is 0.256 e. The SMILES string of the molecule is CN(C(=O)c1ccc(Br)cc1F)C1C2CC3CC(C2)CC1C3. The van der Waals surface area contributed by atoms with Gasteiger partial charge in [0.05, 0.1) is 5.56 Å². The molecule has 0 aliphatic heterocycles. The van der Waals surface area contributed by atoms with E-state index >= 15 is 0 Å². The van der Waals surface area contributed by atoms with E-state index < -0.39 is 5.82 Å². The zero-order valence-electron chi connectivity index (χ0n) is 12.8. The Morgan fingerprint density at radius 2 is 1.73 bits per heavy atom. The molecule has 4 bridgehead atoms. The third-order valence-corrected chi connectivity index (χ3v) is 6.60. The first-order valence-corrected chi connectivity index (χ1v) is 9.04. The van der Waals surface area contributed by atoms with Gasteiger partial charge in [-0.1, -0.05) is 15.9 Å². The number of nitrogens with zero attached hydrogens (tertiary/aromatic N) is 1. The molecule has 4 aliphatic carbocycles. The van der Waals surface area contributed by atoms with E-state index in [4.69, 9.17) is 0 Å². The molecule has 118 valence electrons. The van der Waals surface area contributed by atoms with Crippen molar-refractivity contribution < 1.29 is 9.18 Å². The van der Waals surface area contributed by atoms with E-state index in [-0.39, 0.29) is 11.5 Å². The third-order valence-electron chi connectivity index (χ3n) is 6.11. The minimum atomic E-state index is -0.435. The number of hydrogen-bond donors (Lipinski definition) is 0. The summed E-state index contributed by atoms with van der Waals surface area (Å²) >= 11 is 3.25. The second kappa shape index (κ2) is 5.33. The average Bonchev–Trinajstić information content (AvgIpc) is 2.45. The Morgan fingerprint density at radius 3 is 2.27 bits per heavy atom. The van der Waals surface area contributed by atoms with E-state index in [1.54, 1.807) is 12.1 Å². The van der Waals surface area contributed by atoms with Crippen LogP contribution in [0.1, 0.15) is 42.5 Å². The van der Waals surface area contributed by atoms with Gasteiger partial charge in [0.2, 0.25) is 0 Å². The van der Waals surface area contributed by atoms with E-state index in [2.05, 4.69) is 15.9 Å². The van der Waals surface area contributed by atoms with Gasteiger partial charge < -0.3 is 4.90 Å². The zero-order chi connectivity index (χ0) is 15.4. The first kappa shape index (κ1) is 14.7. The molecule has 0 N–H and O–H groups in total. The van der Waals surface area contributed by atoms with Crippen LogP contribution in [0.4, 0.5) is 4.39 Å². The number of rotatable bonds is 2. The molecule has 0 heterocycles. The highest BCUT2D eigenvalue weighted by molar-refractivity contribution is 9.10. The van der Waals surface area contributed by atoms with Gasteiger partial charge in [-0.2, -0.15) is 0 Å². The molecule has 0 radical (unpaired) electrons. The van der Waals surface area contributed by atoms with E-state index in [0.717, 1.165) is 11.8 Å². The lowest BCUT2D eigenvalue weighted by molar-refractivity contribution is -0.0492. The average molecular weight is 366 g/mol. The Hall–Kier alpha value is -0.900. The van der Waals surface area contributed by atoms with Crippen molar-refractivity contribution in [2.24, 2.45) is 23.7 Å². The molecule has 0 unspecified atom stereocenters. The van der Waals surface area contributed by atoms with E-state index in [1.165, 1.54) is 38.2 Å². The van der Waals surface area contributed by atoms with Crippen LogP contribution in [-0.2, 0) is 0 Å². The summed E-state index contributed by atoms with van der Waals surface area (Å²) in [6, 6.07) is 5.01. The van der Waals surface area contributed by atoms with E-state index in [1.807, 2.05) is 11.9 Å². The third kappa shape index (κ3) is 2.31. The van der Waals surface area contributed by atoms with Gasteiger partial charge in [-0.25, -0.2) is 4.39 Å². The predicted octanol–water partition coefficient (Wildman–Crippen LogP) is 4.48. The van der Waals surface area contributed by atoms with Crippen molar-refractivity contribution in [3.63, 3.8) is 0 Å². The van der Waals surface area contributed by atoms with Gasteiger partial charge in [0.1, 0.15) is 5.82 Å². The molecular formula is C18H21BrFNO. The van der Waals surface area contributed by atoms with Crippen LogP contribution in [0.3, 0.4) is 0 Å². The Labute approximate surface area is 139 Å². The Kier molecular flexibility index (Phi) is 3.55. The predicted molar refractivity (Wildman–Crippen MR) is 87.0 cm³/mol. The fraction of sp³-hybridized carbons (Fsp3) is 0.611. The van der Waals surface area contributed by atoms with Crippen LogP contribution in [0, 0.1) is 29.5 Å². The number of hydrogen-bond acceptors (Lipinski definition) is 1. The Bertz CT molecular complexity index is 589. The van der Waals surface area contributed by atoms with Crippen LogP contribution in [0.2, 0.25) is 0 Å². The summed E-state index contributed by atoms with van der Waals surface area (Å²) in [4.78, 5) is 14.6. The number of carbonyl (C=O) groups excluding carboxylic acids is 1. The van der Waals surface area contributed by atoms with Gasteiger partial charge >= 0.3 is 0 Å². The molecule has 2 nitrogen and oxygen atoms in total. The molecule has 4 saturated carbocycles. The number of halogens is 2. The summed E-state index contributed by atoms with van der Waals surface area (Å²) in [6.07, 6.45) is 6.45. The number of benzene rings is 1. The lowest BCUT2D eigenvalue weighted by Gasteiger charge is -2.56. The monoisotopic (exact) mass is 365 g/mol. The summed E-state index contributed by atoms with van der Waals surface area (Å²) < 4.78 is 14.8. The van der Waals surface area contributed by atoms with Crippen LogP contribution in [0.5, 0.6) is 0 Å². The first-order chi connectivity index (χ1) is 10.5. The fourth-order valence-electron chi connectivity index (χ4n) is 5.52. The van der Waals surface area contributed by atoms with Gasteiger partial charge in [0, 0.05) is 17.6 Å². The minimum absolute atomic E-state index is 0.164. The maximum atomic E-state index is 14.1. The number of amides is 1. The fourth-order valence-corrected chi connectivity index (χ4v) is 5.85. The standard InChI is InChI=1S/C18H21BrFNO/c1-21(18(22)15-3-2-14(19)9-16(15)20)17-12-5-10-4-11(7-12)8-13(17)6-10/h2-3,9-13,17H,4-8H2,1H3. The Morgan fingerprint density at radius 1 is 1.14 bits per heavy atom. The highest BCUT2D eigenvalue weighted by Gasteiger charge is 2.50. The second-order valence-electron chi connectivity index (χ2n) is 7.46. The molecule has 22 heavy (non-hydrogen) atoms. The molecule has 0 spiro atoms. The van der Waals surface area contributed by atoms with Crippen LogP contribution in [0.15, 0.2) is 22.7 Å². The van der Waals surface area contributed by atoms with Crippen molar-refractivity contribution in [3.8, 4) is 0 Å². The molecule has 1 aromatic rings. The molecule has 0 atom stereocenters. The Balaban J connectivity index is 1.58. The molecule has 4 aliphatic rings. The maximum absolute atomic E-state index is 14.1. The smallest absolute Gasteiger partial charge is 0.256 e. The highest BCUT2D eigenvalue weighted by Crippen LogP contribution is 2.55. The van der Waals surface area contributed by atoms with Crippen molar-refractivity contribution >= 4 is 21.8 Å². The van der Waals surface area contributed by atoms with Crippen molar-refractivity contribution in [3.05, 3.63) is 34.1 Å². The van der Waals surface area contributed by atoms with Crippen LogP contribution in [-0.4, -0.2) is 23.9 Å². The van der Waals surface area contributed by atoms with Crippen LogP contribution in [0.25, 0.3) is 0 Å². The molecule has 0 saturated heterocycles. The van der Waals surface area contributed by atoms with Gasteiger partial charge in [-0.05, 0) is 74.0 Å². The minimum Gasteiger partial charge on any atom is -0.338 e. The molecular weight excluding hydrogens is 345 g/mol. The zero-order valence-corrected chi connectivity index (χ0v) is 14.4. The lowest BCUT2D eigenvalue weighted by atomic mass is 9.54. The topological polar surface area (TPSA) is 20.3 Å². The quantitative estimate of drug-likeness (QED) is 0.756. The normalized spacial score (nSPS) is 35.7. The molecule has 0 aromatic heterocycles.